The molecule has 0 spiro atoms. The van der Waals surface area contributed by atoms with Crippen molar-refractivity contribution in [3.8, 4) is 16.8 Å². The van der Waals surface area contributed by atoms with Gasteiger partial charge in [0.15, 0.2) is 10.8 Å². The minimum absolute atomic E-state index is 0.0925. The van der Waals surface area contributed by atoms with Crippen LogP contribution in [0.15, 0.2) is 70.7 Å². The Morgan fingerprint density at radius 1 is 1.14 bits per heavy atom. The van der Waals surface area contributed by atoms with Crippen molar-refractivity contribution in [2.24, 2.45) is 0 Å². The standard InChI is InChI=1S/C21H12ClN3O2S/c22-15-5-1-2-6-16(15)24-20(26)13(12-23)11-14-9-10-18(27-14)21-25-17-7-3-4-8-19(17)28-21/h1-11H,(H,24,26)/b13-11+. The largest absolute Gasteiger partial charge is 0.454 e. The molecule has 1 N–H and O–H groups in total. The second kappa shape index (κ2) is 7.69. The summed E-state index contributed by atoms with van der Waals surface area (Å²) in [4.78, 5) is 16.9. The van der Waals surface area contributed by atoms with Crippen LogP contribution in [0.2, 0.25) is 5.02 Å². The number of rotatable bonds is 4. The number of carbonyl (C=O) groups excluding carboxylic acids is 1. The summed E-state index contributed by atoms with van der Waals surface area (Å²) in [5.41, 5.74) is 1.24. The summed E-state index contributed by atoms with van der Waals surface area (Å²) < 4.78 is 6.83. The lowest BCUT2D eigenvalue weighted by Crippen LogP contribution is -2.13. The van der Waals surface area contributed by atoms with E-state index in [0.717, 1.165) is 15.2 Å². The maximum Gasteiger partial charge on any atom is 0.266 e. The number of nitriles is 1. The molecule has 7 heteroatoms. The Morgan fingerprint density at radius 3 is 2.71 bits per heavy atom. The summed E-state index contributed by atoms with van der Waals surface area (Å²) in [5, 5.41) is 13.1. The topological polar surface area (TPSA) is 78.9 Å². The van der Waals surface area contributed by atoms with Gasteiger partial charge in [-0.25, -0.2) is 4.98 Å². The third-order valence-corrected chi connectivity index (χ3v) is 5.29. The molecular formula is C21H12ClN3O2S. The highest BCUT2D eigenvalue weighted by molar-refractivity contribution is 7.21. The zero-order valence-electron chi connectivity index (χ0n) is 14.3. The van der Waals surface area contributed by atoms with Gasteiger partial charge >= 0.3 is 0 Å². The van der Waals surface area contributed by atoms with Crippen LogP contribution >= 0.6 is 22.9 Å². The van der Waals surface area contributed by atoms with Crippen LogP contribution in [0.25, 0.3) is 27.1 Å². The highest BCUT2D eigenvalue weighted by atomic mass is 35.5. The molecule has 1 amide bonds. The van der Waals surface area contributed by atoms with Gasteiger partial charge in [0.25, 0.3) is 5.91 Å². The van der Waals surface area contributed by atoms with E-state index in [-0.39, 0.29) is 5.57 Å². The number of carbonyl (C=O) groups is 1. The number of hydrogen-bond donors (Lipinski definition) is 1. The number of nitrogens with zero attached hydrogens (tertiary/aromatic N) is 2. The van der Waals surface area contributed by atoms with Gasteiger partial charge in [0.1, 0.15) is 17.4 Å². The fourth-order valence-electron chi connectivity index (χ4n) is 2.57. The zero-order valence-corrected chi connectivity index (χ0v) is 15.9. The van der Waals surface area contributed by atoms with Crippen molar-refractivity contribution in [3.63, 3.8) is 0 Å². The van der Waals surface area contributed by atoms with E-state index < -0.39 is 5.91 Å². The summed E-state index contributed by atoms with van der Waals surface area (Å²) >= 11 is 7.55. The molecule has 2 aromatic heterocycles. The number of nitrogens with one attached hydrogen (secondary N) is 1. The van der Waals surface area contributed by atoms with Crippen molar-refractivity contribution >= 4 is 50.8 Å². The van der Waals surface area contributed by atoms with Gasteiger partial charge in [0.2, 0.25) is 0 Å². The number of aromatic nitrogens is 1. The molecule has 136 valence electrons. The molecule has 0 unspecified atom stereocenters. The van der Waals surface area contributed by atoms with Crippen LogP contribution in [0.3, 0.4) is 0 Å². The van der Waals surface area contributed by atoms with Gasteiger partial charge in [-0.05, 0) is 36.4 Å². The van der Waals surface area contributed by atoms with E-state index in [2.05, 4.69) is 10.3 Å². The van der Waals surface area contributed by atoms with Crippen molar-refractivity contribution in [1.29, 1.82) is 5.26 Å². The Labute approximate surface area is 169 Å². The zero-order chi connectivity index (χ0) is 19.5. The highest BCUT2D eigenvalue weighted by Crippen LogP contribution is 2.31. The first kappa shape index (κ1) is 18.0. The Morgan fingerprint density at radius 2 is 1.93 bits per heavy atom. The minimum Gasteiger partial charge on any atom is -0.454 e. The number of benzene rings is 2. The molecule has 0 saturated heterocycles. The average Bonchev–Trinajstić information content (AvgIpc) is 3.34. The molecule has 5 nitrogen and oxygen atoms in total. The molecule has 0 atom stereocenters. The smallest absolute Gasteiger partial charge is 0.266 e. The molecular weight excluding hydrogens is 394 g/mol. The normalized spacial score (nSPS) is 11.4. The second-order valence-electron chi connectivity index (χ2n) is 5.79. The van der Waals surface area contributed by atoms with Gasteiger partial charge in [0, 0.05) is 6.08 Å². The van der Waals surface area contributed by atoms with Crippen molar-refractivity contribution in [1.82, 2.24) is 4.98 Å². The van der Waals surface area contributed by atoms with E-state index in [1.54, 1.807) is 36.4 Å². The maximum atomic E-state index is 12.4. The van der Waals surface area contributed by atoms with Crippen LogP contribution < -0.4 is 5.32 Å². The van der Waals surface area contributed by atoms with Crippen LogP contribution in [0.4, 0.5) is 5.69 Å². The van der Waals surface area contributed by atoms with Gasteiger partial charge in [-0.1, -0.05) is 35.9 Å². The van der Waals surface area contributed by atoms with Crippen molar-refractivity contribution in [3.05, 3.63) is 77.0 Å². The van der Waals surface area contributed by atoms with Gasteiger partial charge in [-0.3, -0.25) is 4.79 Å². The lowest BCUT2D eigenvalue weighted by Gasteiger charge is -2.05. The van der Waals surface area contributed by atoms with Crippen LogP contribution in [0, 0.1) is 11.3 Å². The number of hydrogen-bond acceptors (Lipinski definition) is 5. The fraction of sp³-hybridized carbons (Fsp3) is 0. The average molecular weight is 406 g/mol. The minimum atomic E-state index is -0.562. The molecule has 28 heavy (non-hydrogen) atoms. The predicted octanol–water partition coefficient (Wildman–Crippen LogP) is 5.76. The molecule has 2 aromatic carbocycles. The number of para-hydroxylation sites is 2. The monoisotopic (exact) mass is 405 g/mol. The number of amides is 1. The van der Waals surface area contributed by atoms with Gasteiger partial charge in [-0.2, -0.15) is 5.26 Å². The van der Waals surface area contributed by atoms with E-state index in [1.165, 1.54) is 17.4 Å². The van der Waals surface area contributed by atoms with Gasteiger partial charge in [-0.15, -0.1) is 11.3 Å². The Bertz CT molecular complexity index is 1220. The Hall–Kier alpha value is -3.40. The van der Waals surface area contributed by atoms with Gasteiger partial charge < -0.3 is 9.73 Å². The molecule has 0 radical (unpaired) electrons. The molecule has 4 rings (SSSR count). The van der Waals surface area contributed by atoms with Crippen molar-refractivity contribution < 1.29 is 9.21 Å². The number of anilines is 1. The summed E-state index contributed by atoms with van der Waals surface area (Å²) in [7, 11) is 0. The maximum absolute atomic E-state index is 12.4. The lowest BCUT2D eigenvalue weighted by atomic mass is 10.2. The van der Waals surface area contributed by atoms with Crippen molar-refractivity contribution in [2.45, 2.75) is 0 Å². The van der Waals surface area contributed by atoms with E-state index in [0.29, 0.717) is 22.2 Å². The number of thiazole rings is 1. The number of fused-ring (bicyclic) bond motifs is 1. The summed E-state index contributed by atoms with van der Waals surface area (Å²) in [5.74, 6) is 0.407. The van der Waals surface area contributed by atoms with Crippen molar-refractivity contribution in [2.75, 3.05) is 5.32 Å². The van der Waals surface area contributed by atoms with Crippen LogP contribution in [0.5, 0.6) is 0 Å². The second-order valence-corrected chi connectivity index (χ2v) is 7.23. The quantitative estimate of drug-likeness (QED) is 0.346. The van der Waals surface area contributed by atoms with Crippen LogP contribution in [-0.2, 0) is 4.79 Å². The molecule has 0 aliphatic heterocycles. The molecule has 0 aliphatic carbocycles. The predicted molar refractivity (Wildman–Crippen MR) is 111 cm³/mol. The third-order valence-electron chi connectivity index (χ3n) is 3.91. The highest BCUT2D eigenvalue weighted by Gasteiger charge is 2.14. The lowest BCUT2D eigenvalue weighted by molar-refractivity contribution is -0.112. The van der Waals surface area contributed by atoms with E-state index in [1.807, 2.05) is 30.3 Å². The number of halogens is 1. The van der Waals surface area contributed by atoms with Crippen LogP contribution in [-0.4, -0.2) is 10.9 Å². The fourth-order valence-corrected chi connectivity index (χ4v) is 3.68. The molecule has 0 aliphatic rings. The Kier molecular flexibility index (Phi) is 4.94. The Balaban J connectivity index is 1.58. The molecule has 2 heterocycles. The number of furan rings is 1. The third kappa shape index (κ3) is 3.67. The molecule has 0 fully saturated rings. The van der Waals surface area contributed by atoms with Gasteiger partial charge in [0.05, 0.1) is 20.9 Å². The molecule has 0 bridgehead atoms. The first-order valence-electron chi connectivity index (χ1n) is 8.27. The first-order chi connectivity index (χ1) is 13.6. The first-order valence-corrected chi connectivity index (χ1v) is 9.47. The summed E-state index contributed by atoms with van der Waals surface area (Å²) in [6, 6.07) is 20.0. The summed E-state index contributed by atoms with van der Waals surface area (Å²) in [6.07, 6.45) is 1.39. The SMILES string of the molecule is N#C/C(=C\c1ccc(-c2nc3ccccc3s2)o1)C(=O)Nc1ccccc1Cl. The van der Waals surface area contributed by atoms with E-state index in [9.17, 15) is 10.1 Å². The molecule has 4 aromatic rings. The van der Waals surface area contributed by atoms with Crippen LogP contribution in [0.1, 0.15) is 5.76 Å². The summed E-state index contributed by atoms with van der Waals surface area (Å²) in [6.45, 7) is 0. The molecule has 0 saturated carbocycles. The van der Waals surface area contributed by atoms with E-state index >= 15 is 0 Å². The van der Waals surface area contributed by atoms with E-state index in [4.69, 9.17) is 16.0 Å².